The summed E-state index contributed by atoms with van der Waals surface area (Å²) >= 11 is 0. The molecule has 4 rings (SSSR count). The van der Waals surface area contributed by atoms with E-state index in [1.54, 1.807) is 23.1 Å². The van der Waals surface area contributed by atoms with Gasteiger partial charge in [0.25, 0.3) is 5.92 Å². The molecule has 1 aliphatic rings. The smallest absolute Gasteiger partial charge is 0.265 e. The number of nitrogens with zero attached hydrogens (tertiary/aromatic N) is 3. The number of anilines is 2. The fraction of sp³-hybridized carbons (Fsp3) is 0.240. The molecule has 34 heavy (non-hydrogen) atoms. The molecule has 1 saturated heterocycles. The highest BCUT2D eigenvalue weighted by Crippen LogP contribution is 2.33. The van der Waals surface area contributed by atoms with Crippen molar-refractivity contribution in [2.75, 3.05) is 30.4 Å². The monoisotopic (exact) mass is 465 g/mol. The van der Waals surface area contributed by atoms with Gasteiger partial charge in [-0.3, -0.25) is 4.79 Å². The molecule has 2 N–H and O–H groups in total. The lowest BCUT2D eigenvalue weighted by atomic mass is 10.1. The Balaban J connectivity index is 1.69. The maximum absolute atomic E-state index is 13.9. The molecule has 0 radical (unpaired) electrons. The standard InChI is InChI=1S/C25H25F2N5O2/c1-34-23-16-19(31-14-5-12-25(26,27)17-31)8-9-21(23)32-15-11-22(33)24(30-32)20(10-13-28)29-18-6-3-2-4-7-18/h2-4,6-11,13,15-16,28-29H,5,12,14,17H2,1H3/b20-10-,28-13?. The number of hydrogen-bond acceptors (Lipinski definition) is 6. The number of benzene rings is 2. The van der Waals surface area contributed by atoms with Gasteiger partial charge in [0, 0.05) is 48.9 Å². The Morgan fingerprint density at radius 3 is 2.71 bits per heavy atom. The number of hydrogen-bond donors (Lipinski definition) is 2. The first kappa shape index (κ1) is 23.2. The van der Waals surface area contributed by atoms with Crippen molar-refractivity contribution in [1.29, 1.82) is 5.41 Å². The van der Waals surface area contributed by atoms with Crippen LogP contribution in [0.25, 0.3) is 11.4 Å². The normalized spacial score (nSPS) is 15.6. The zero-order chi connectivity index (χ0) is 24.1. The molecule has 0 unspecified atom stereocenters. The van der Waals surface area contributed by atoms with Crippen molar-refractivity contribution in [2.45, 2.75) is 18.8 Å². The molecule has 0 atom stereocenters. The van der Waals surface area contributed by atoms with Crippen molar-refractivity contribution in [2.24, 2.45) is 0 Å². The highest BCUT2D eigenvalue weighted by molar-refractivity contribution is 5.86. The molecule has 0 aliphatic carbocycles. The van der Waals surface area contributed by atoms with Crippen molar-refractivity contribution in [3.05, 3.63) is 82.8 Å². The topological polar surface area (TPSA) is 83.2 Å². The van der Waals surface area contributed by atoms with Crippen LogP contribution in [0.3, 0.4) is 0 Å². The zero-order valence-corrected chi connectivity index (χ0v) is 18.7. The van der Waals surface area contributed by atoms with Crippen LogP contribution in [-0.2, 0) is 0 Å². The van der Waals surface area contributed by atoms with Crippen LogP contribution < -0.4 is 20.4 Å². The van der Waals surface area contributed by atoms with Gasteiger partial charge < -0.3 is 20.4 Å². The van der Waals surface area contributed by atoms with Crippen LogP contribution in [0.1, 0.15) is 18.5 Å². The van der Waals surface area contributed by atoms with E-state index in [0.29, 0.717) is 35.8 Å². The fourth-order valence-corrected chi connectivity index (χ4v) is 3.91. The van der Waals surface area contributed by atoms with Crippen LogP contribution in [0.2, 0.25) is 0 Å². The van der Waals surface area contributed by atoms with Gasteiger partial charge in [0.15, 0.2) is 5.69 Å². The van der Waals surface area contributed by atoms with Crippen LogP contribution in [0.15, 0.2) is 71.7 Å². The van der Waals surface area contributed by atoms with E-state index in [0.717, 1.165) is 11.9 Å². The zero-order valence-electron chi connectivity index (χ0n) is 18.7. The number of allylic oxidation sites excluding steroid dienone is 1. The summed E-state index contributed by atoms with van der Waals surface area (Å²) in [6.07, 6.45) is 4.36. The molecule has 1 aromatic heterocycles. The number of rotatable bonds is 7. The predicted octanol–water partition coefficient (Wildman–Crippen LogP) is 4.58. The van der Waals surface area contributed by atoms with Crippen molar-refractivity contribution in [1.82, 2.24) is 9.78 Å². The maximum atomic E-state index is 13.9. The average Bonchev–Trinajstić information content (AvgIpc) is 2.84. The van der Waals surface area contributed by atoms with Crippen molar-refractivity contribution in [3.63, 3.8) is 0 Å². The number of nitrogens with one attached hydrogen (secondary N) is 2. The van der Waals surface area contributed by atoms with Gasteiger partial charge in [0.05, 0.1) is 19.4 Å². The van der Waals surface area contributed by atoms with E-state index in [1.807, 2.05) is 30.3 Å². The minimum atomic E-state index is -2.72. The summed E-state index contributed by atoms with van der Waals surface area (Å²) in [4.78, 5) is 14.3. The molecular weight excluding hydrogens is 440 g/mol. The fourth-order valence-electron chi connectivity index (χ4n) is 3.91. The molecule has 7 nitrogen and oxygen atoms in total. The summed E-state index contributed by atoms with van der Waals surface area (Å²) in [5.74, 6) is -2.29. The lowest BCUT2D eigenvalue weighted by Crippen LogP contribution is -2.42. The highest BCUT2D eigenvalue weighted by Gasteiger charge is 2.35. The third-order valence-corrected chi connectivity index (χ3v) is 5.53. The molecule has 0 spiro atoms. The second kappa shape index (κ2) is 9.86. The van der Waals surface area contributed by atoms with E-state index >= 15 is 0 Å². The van der Waals surface area contributed by atoms with Crippen LogP contribution in [-0.4, -0.2) is 42.1 Å². The summed E-state index contributed by atoms with van der Waals surface area (Å²) in [6.45, 7) is 0.209. The second-order valence-corrected chi connectivity index (χ2v) is 7.95. The Bertz CT molecular complexity index is 1260. The SMILES string of the molecule is COc1cc(N2CCCC(F)(F)C2)ccc1-n1ccc(=O)c(/C(=C/C=N)Nc2ccccc2)n1. The first-order valence-corrected chi connectivity index (χ1v) is 10.8. The quantitative estimate of drug-likeness (QED) is 0.499. The molecule has 2 heterocycles. The molecule has 176 valence electrons. The molecule has 1 aliphatic heterocycles. The number of piperidine rings is 1. The van der Waals surface area contributed by atoms with Gasteiger partial charge in [-0.2, -0.15) is 5.10 Å². The molecule has 2 aromatic carbocycles. The van der Waals surface area contributed by atoms with Gasteiger partial charge in [-0.25, -0.2) is 13.5 Å². The Morgan fingerprint density at radius 1 is 1.21 bits per heavy atom. The average molecular weight is 466 g/mol. The summed E-state index contributed by atoms with van der Waals surface area (Å²) in [5.41, 5.74) is 2.09. The molecule has 0 bridgehead atoms. The Morgan fingerprint density at radius 2 is 2.00 bits per heavy atom. The van der Waals surface area contributed by atoms with E-state index in [9.17, 15) is 13.6 Å². The molecular formula is C25H25F2N5O2. The van der Waals surface area contributed by atoms with Gasteiger partial charge >= 0.3 is 0 Å². The number of ether oxygens (including phenoxy) is 1. The lowest BCUT2D eigenvalue weighted by Gasteiger charge is -2.34. The van der Waals surface area contributed by atoms with Gasteiger partial charge in [-0.05, 0) is 36.8 Å². The highest BCUT2D eigenvalue weighted by atomic mass is 19.3. The summed E-state index contributed by atoms with van der Waals surface area (Å²) < 4.78 is 34.8. The first-order chi connectivity index (χ1) is 16.4. The van der Waals surface area contributed by atoms with Gasteiger partial charge in [-0.1, -0.05) is 18.2 Å². The van der Waals surface area contributed by atoms with Gasteiger partial charge in [0.1, 0.15) is 11.4 Å². The summed E-state index contributed by atoms with van der Waals surface area (Å²) in [6, 6.07) is 15.8. The van der Waals surface area contributed by atoms with Gasteiger partial charge in [0.2, 0.25) is 5.43 Å². The lowest BCUT2D eigenvalue weighted by molar-refractivity contribution is -0.0116. The predicted molar refractivity (Wildman–Crippen MR) is 130 cm³/mol. The Hall–Kier alpha value is -4.01. The van der Waals surface area contributed by atoms with Crippen LogP contribution >= 0.6 is 0 Å². The Kier molecular flexibility index (Phi) is 6.72. The minimum absolute atomic E-state index is 0.106. The maximum Gasteiger partial charge on any atom is 0.265 e. The summed E-state index contributed by atoms with van der Waals surface area (Å²) in [7, 11) is 1.49. The molecule has 9 heteroatoms. The molecule has 1 fully saturated rings. The number of methoxy groups -OCH3 is 1. The number of para-hydroxylation sites is 1. The first-order valence-electron chi connectivity index (χ1n) is 10.8. The molecule has 0 saturated carbocycles. The number of aromatic nitrogens is 2. The second-order valence-electron chi connectivity index (χ2n) is 7.95. The number of alkyl halides is 2. The largest absolute Gasteiger partial charge is 0.494 e. The van der Waals surface area contributed by atoms with Crippen LogP contribution in [0, 0.1) is 5.41 Å². The third kappa shape index (κ3) is 5.14. The van der Waals surface area contributed by atoms with E-state index in [-0.39, 0.29) is 24.1 Å². The van der Waals surface area contributed by atoms with Crippen molar-refractivity contribution in [3.8, 4) is 11.4 Å². The van der Waals surface area contributed by atoms with E-state index in [4.69, 9.17) is 10.1 Å². The molecule has 0 amide bonds. The van der Waals surface area contributed by atoms with Gasteiger partial charge in [-0.15, -0.1) is 0 Å². The molecule has 3 aromatic rings. The van der Waals surface area contributed by atoms with E-state index < -0.39 is 5.92 Å². The van der Waals surface area contributed by atoms with Crippen LogP contribution in [0.5, 0.6) is 5.75 Å². The summed E-state index contributed by atoms with van der Waals surface area (Å²) in [5, 5.41) is 15.1. The van der Waals surface area contributed by atoms with Crippen LogP contribution in [0.4, 0.5) is 20.2 Å². The third-order valence-electron chi connectivity index (χ3n) is 5.53. The number of halogens is 2. The minimum Gasteiger partial charge on any atom is -0.494 e. The van der Waals surface area contributed by atoms with E-state index in [1.165, 1.54) is 30.1 Å². The van der Waals surface area contributed by atoms with Crippen molar-refractivity contribution >= 4 is 23.3 Å². The Labute approximate surface area is 195 Å². The van der Waals surface area contributed by atoms with E-state index in [2.05, 4.69) is 10.4 Å². The van der Waals surface area contributed by atoms with Crippen molar-refractivity contribution < 1.29 is 13.5 Å².